The van der Waals surface area contributed by atoms with Crippen LogP contribution >= 0.6 is 24.0 Å². The van der Waals surface area contributed by atoms with Crippen molar-refractivity contribution in [2.45, 2.75) is 39.7 Å². The standard InChI is InChI=1S/C13H25NOS2/c1-13(2,3)12(16)14-11(9-17-4)10-6-5-7-15-8-10/h10-11H,5-9H2,1-4H3,(H,14,16). The Labute approximate surface area is 115 Å². The van der Waals surface area contributed by atoms with E-state index < -0.39 is 0 Å². The van der Waals surface area contributed by atoms with E-state index >= 15 is 0 Å². The maximum absolute atomic E-state index is 5.58. The Bertz CT molecular complexity index is 244. The molecular weight excluding hydrogens is 250 g/mol. The Morgan fingerprint density at radius 1 is 1.53 bits per heavy atom. The molecule has 1 fully saturated rings. The lowest BCUT2D eigenvalue weighted by molar-refractivity contribution is 0.0451. The summed E-state index contributed by atoms with van der Waals surface area (Å²) < 4.78 is 5.58. The fraction of sp³-hybridized carbons (Fsp3) is 0.923. The van der Waals surface area contributed by atoms with Gasteiger partial charge in [0.1, 0.15) is 0 Å². The topological polar surface area (TPSA) is 21.3 Å². The fourth-order valence-corrected chi connectivity index (χ4v) is 2.81. The van der Waals surface area contributed by atoms with Crippen LogP contribution in [0, 0.1) is 11.3 Å². The maximum Gasteiger partial charge on any atom is 0.0810 e. The number of hydrogen-bond acceptors (Lipinski definition) is 3. The Balaban J connectivity index is 2.55. The summed E-state index contributed by atoms with van der Waals surface area (Å²) in [5.41, 5.74) is 0.0571. The van der Waals surface area contributed by atoms with Crippen molar-refractivity contribution >= 4 is 29.0 Å². The molecule has 2 nitrogen and oxygen atoms in total. The smallest absolute Gasteiger partial charge is 0.0810 e. The highest BCUT2D eigenvalue weighted by atomic mass is 32.2. The molecule has 0 aromatic rings. The molecular formula is C13H25NOS2. The summed E-state index contributed by atoms with van der Waals surface area (Å²) in [6.45, 7) is 8.29. The highest BCUT2D eigenvalue weighted by Crippen LogP contribution is 2.22. The molecule has 1 heterocycles. The van der Waals surface area contributed by atoms with Crippen molar-refractivity contribution in [3.63, 3.8) is 0 Å². The average Bonchev–Trinajstić information content (AvgIpc) is 2.28. The number of thioether (sulfide) groups is 1. The second-order valence-electron chi connectivity index (χ2n) is 5.76. The van der Waals surface area contributed by atoms with Crippen molar-refractivity contribution < 1.29 is 4.74 Å². The molecule has 1 aliphatic heterocycles. The zero-order chi connectivity index (χ0) is 12.9. The van der Waals surface area contributed by atoms with Gasteiger partial charge in [0.2, 0.25) is 0 Å². The fourth-order valence-electron chi connectivity index (χ4n) is 1.94. The molecule has 0 bridgehead atoms. The Morgan fingerprint density at radius 3 is 2.71 bits per heavy atom. The molecule has 2 unspecified atom stereocenters. The minimum absolute atomic E-state index is 0.0571. The zero-order valence-corrected chi connectivity index (χ0v) is 13.0. The second-order valence-corrected chi connectivity index (χ2v) is 7.08. The van der Waals surface area contributed by atoms with Crippen LogP contribution < -0.4 is 5.32 Å². The van der Waals surface area contributed by atoms with E-state index in [1.54, 1.807) is 0 Å². The van der Waals surface area contributed by atoms with Gasteiger partial charge in [-0.1, -0.05) is 33.0 Å². The summed E-state index contributed by atoms with van der Waals surface area (Å²) in [6, 6.07) is 0.456. The van der Waals surface area contributed by atoms with Gasteiger partial charge in [-0.25, -0.2) is 0 Å². The number of rotatable bonds is 4. The minimum Gasteiger partial charge on any atom is -0.381 e. The van der Waals surface area contributed by atoms with Crippen LogP contribution in [0.5, 0.6) is 0 Å². The molecule has 1 saturated heterocycles. The molecule has 0 spiro atoms. The number of thiocarbonyl (C=S) groups is 1. The number of hydrogen-bond donors (Lipinski definition) is 1. The molecule has 100 valence electrons. The van der Waals surface area contributed by atoms with Crippen LogP contribution in [0.3, 0.4) is 0 Å². The third-order valence-corrected chi connectivity index (χ3v) is 4.53. The first-order valence-corrected chi connectivity index (χ1v) is 8.13. The lowest BCUT2D eigenvalue weighted by Gasteiger charge is -2.34. The highest BCUT2D eigenvalue weighted by molar-refractivity contribution is 7.98. The third kappa shape index (κ3) is 5.14. The van der Waals surface area contributed by atoms with Crippen molar-refractivity contribution in [1.82, 2.24) is 5.32 Å². The highest BCUT2D eigenvalue weighted by Gasteiger charge is 2.27. The van der Waals surface area contributed by atoms with Crippen LogP contribution in [0.2, 0.25) is 0 Å². The SMILES string of the molecule is CSCC(NC(=S)C(C)(C)C)C1CCCOC1. The van der Waals surface area contributed by atoms with Crippen molar-refractivity contribution in [3.8, 4) is 0 Å². The number of nitrogens with one attached hydrogen (secondary N) is 1. The van der Waals surface area contributed by atoms with Gasteiger partial charge in [-0.3, -0.25) is 0 Å². The summed E-state index contributed by atoms with van der Waals surface area (Å²) in [5.74, 6) is 1.71. The molecule has 0 aromatic carbocycles. The molecule has 17 heavy (non-hydrogen) atoms. The second kappa shape index (κ2) is 6.95. The molecule has 0 saturated carbocycles. The van der Waals surface area contributed by atoms with Gasteiger partial charge in [-0.05, 0) is 19.1 Å². The molecule has 1 rings (SSSR count). The average molecular weight is 275 g/mol. The molecule has 4 heteroatoms. The summed E-state index contributed by atoms with van der Waals surface area (Å²) in [4.78, 5) is 0.974. The predicted molar refractivity (Wildman–Crippen MR) is 80.9 cm³/mol. The number of ether oxygens (including phenoxy) is 1. The van der Waals surface area contributed by atoms with Crippen molar-refractivity contribution in [2.24, 2.45) is 11.3 Å². The van der Waals surface area contributed by atoms with E-state index in [1.807, 2.05) is 11.8 Å². The van der Waals surface area contributed by atoms with Gasteiger partial charge in [0.15, 0.2) is 0 Å². The van der Waals surface area contributed by atoms with Gasteiger partial charge in [0.05, 0.1) is 11.6 Å². The van der Waals surface area contributed by atoms with Gasteiger partial charge in [0.25, 0.3) is 0 Å². The van der Waals surface area contributed by atoms with Gasteiger partial charge in [-0.15, -0.1) is 0 Å². The van der Waals surface area contributed by atoms with Gasteiger partial charge >= 0.3 is 0 Å². The van der Waals surface area contributed by atoms with Gasteiger partial charge in [-0.2, -0.15) is 11.8 Å². The first-order valence-electron chi connectivity index (χ1n) is 6.33. The van der Waals surface area contributed by atoms with Crippen molar-refractivity contribution in [2.75, 3.05) is 25.2 Å². The summed E-state index contributed by atoms with van der Waals surface area (Å²) >= 11 is 7.37. The Kier molecular flexibility index (Phi) is 6.24. The van der Waals surface area contributed by atoms with Crippen molar-refractivity contribution in [3.05, 3.63) is 0 Å². The minimum atomic E-state index is 0.0571. The van der Waals surface area contributed by atoms with Crippen LogP contribution in [0.1, 0.15) is 33.6 Å². The first-order chi connectivity index (χ1) is 7.95. The lowest BCUT2D eigenvalue weighted by Crippen LogP contribution is -2.47. The van der Waals surface area contributed by atoms with Crippen LogP contribution in [0.25, 0.3) is 0 Å². The Morgan fingerprint density at radius 2 is 2.24 bits per heavy atom. The third-order valence-electron chi connectivity index (χ3n) is 3.11. The summed E-state index contributed by atoms with van der Waals surface area (Å²) in [6.07, 6.45) is 4.59. The molecule has 1 N–H and O–H groups in total. The van der Waals surface area contributed by atoms with Gasteiger partial charge in [0, 0.05) is 29.7 Å². The van der Waals surface area contributed by atoms with E-state index in [0.717, 1.165) is 24.0 Å². The summed E-state index contributed by atoms with van der Waals surface area (Å²) in [5, 5.41) is 3.56. The van der Waals surface area contributed by atoms with Crippen LogP contribution in [0.15, 0.2) is 0 Å². The molecule has 0 radical (unpaired) electrons. The molecule has 2 atom stereocenters. The van der Waals surface area contributed by atoms with E-state index in [2.05, 4.69) is 32.3 Å². The monoisotopic (exact) mass is 275 g/mol. The normalized spacial score (nSPS) is 23.2. The first kappa shape index (κ1) is 15.3. The van der Waals surface area contributed by atoms with E-state index in [9.17, 15) is 0 Å². The maximum atomic E-state index is 5.58. The summed E-state index contributed by atoms with van der Waals surface area (Å²) in [7, 11) is 0. The van der Waals surface area contributed by atoms with Crippen LogP contribution in [-0.2, 0) is 4.74 Å². The van der Waals surface area contributed by atoms with Crippen molar-refractivity contribution in [1.29, 1.82) is 0 Å². The van der Waals surface area contributed by atoms with E-state index in [0.29, 0.717) is 12.0 Å². The predicted octanol–water partition coefficient (Wildman–Crippen LogP) is 3.11. The Hall–Kier alpha value is 0.200. The molecule has 1 aliphatic rings. The quantitative estimate of drug-likeness (QED) is 0.796. The van der Waals surface area contributed by atoms with Crippen LogP contribution in [0.4, 0.5) is 0 Å². The molecule has 0 amide bonds. The molecule has 0 aliphatic carbocycles. The van der Waals surface area contributed by atoms with E-state index in [-0.39, 0.29) is 5.41 Å². The molecule has 0 aromatic heterocycles. The van der Waals surface area contributed by atoms with Gasteiger partial charge < -0.3 is 10.1 Å². The zero-order valence-electron chi connectivity index (χ0n) is 11.4. The van der Waals surface area contributed by atoms with E-state index in [1.165, 1.54) is 12.8 Å². The van der Waals surface area contributed by atoms with Crippen LogP contribution in [-0.4, -0.2) is 36.3 Å². The largest absolute Gasteiger partial charge is 0.381 e. The lowest BCUT2D eigenvalue weighted by atomic mass is 9.92. The van der Waals surface area contributed by atoms with E-state index in [4.69, 9.17) is 17.0 Å².